The van der Waals surface area contributed by atoms with E-state index in [0.29, 0.717) is 46.5 Å². The molecule has 1 aliphatic carbocycles. The molecule has 0 amide bonds. The summed E-state index contributed by atoms with van der Waals surface area (Å²) < 4.78 is 64.7. The topological polar surface area (TPSA) is 77.2 Å². The van der Waals surface area contributed by atoms with Gasteiger partial charge in [-0.1, -0.05) is 24.3 Å². The van der Waals surface area contributed by atoms with Gasteiger partial charge in [0.1, 0.15) is 24.1 Å². The minimum absolute atomic E-state index is 0.0106. The summed E-state index contributed by atoms with van der Waals surface area (Å²) in [5.74, 6) is -1.41. The molecule has 0 saturated heterocycles. The molecule has 5 aromatic rings. The fraction of sp³-hybridized carbons (Fsp3) is 0.242. The van der Waals surface area contributed by atoms with Gasteiger partial charge in [0.15, 0.2) is 0 Å². The third-order valence-corrected chi connectivity index (χ3v) is 7.88. The summed E-state index contributed by atoms with van der Waals surface area (Å²) in [6, 6.07) is 18.8. The van der Waals surface area contributed by atoms with Crippen LogP contribution in [-0.4, -0.2) is 32.0 Å². The normalized spacial score (nSPS) is 13.9. The summed E-state index contributed by atoms with van der Waals surface area (Å²) in [6.07, 6.45) is -1.66. The highest BCUT2D eigenvalue weighted by Gasteiger charge is 2.51. The Morgan fingerprint density at radius 1 is 1.00 bits per heavy atom. The highest BCUT2D eigenvalue weighted by atomic mass is 19.3. The summed E-state index contributed by atoms with van der Waals surface area (Å²) in [5.41, 5.74) is 2.06. The zero-order valence-electron chi connectivity index (χ0n) is 23.2. The largest absolute Gasteiger partial charge is 0.478 e. The fourth-order valence-corrected chi connectivity index (χ4v) is 5.16. The maximum atomic E-state index is 15.4. The number of hydrogen-bond donors (Lipinski definition) is 1. The van der Waals surface area contributed by atoms with E-state index in [9.17, 15) is 23.1 Å². The van der Waals surface area contributed by atoms with Crippen LogP contribution in [0.5, 0.6) is 5.88 Å². The monoisotopic (exact) mass is 589 g/mol. The van der Waals surface area contributed by atoms with Crippen molar-refractivity contribution < 1.29 is 32.2 Å². The van der Waals surface area contributed by atoms with Gasteiger partial charge in [-0.25, -0.2) is 32.3 Å². The standard InChI is InChI=1S/C33H27F4N3O3/c1-19-5-7-22(24(34)13-19)17-43-30-4-2-3-26(39-30)23-9-6-20(14-25(23)35)15-29-38-27-10-8-21(31(41)42)16-28(27)40(29)18-33(11-12-33)32(36)37/h2-10,13-14,16,32H,11-12,15,17-18H2,1H3,(H,41,42). The quantitative estimate of drug-likeness (QED) is 0.170. The van der Waals surface area contributed by atoms with E-state index in [1.807, 2.05) is 0 Å². The third kappa shape index (κ3) is 5.82. The number of nitrogens with zero attached hydrogens (tertiary/aromatic N) is 3. The molecule has 2 heterocycles. The van der Waals surface area contributed by atoms with Gasteiger partial charge in [0.05, 0.1) is 22.3 Å². The molecule has 1 saturated carbocycles. The van der Waals surface area contributed by atoms with Crippen molar-refractivity contribution in [3.05, 3.63) is 113 Å². The smallest absolute Gasteiger partial charge is 0.335 e. The first-order valence-electron chi connectivity index (χ1n) is 13.8. The van der Waals surface area contributed by atoms with Crippen molar-refractivity contribution in [1.82, 2.24) is 14.5 Å². The molecule has 220 valence electrons. The van der Waals surface area contributed by atoms with E-state index in [4.69, 9.17) is 4.74 Å². The van der Waals surface area contributed by atoms with Gasteiger partial charge >= 0.3 is 5.97 Å². The van der Waals surface area contributed by atoms with Crippen LogP contribution >= 0.6 is 0 Å². The number of hydrogen-bond acceptors (Lipinski definition) is 4. The number of halogens is 4. The second kappa shape index (κ2) is 11.2. The average molecular weight is 590 g/mol. The predicted octanol–water partition coefficient (Wildman–Crippen LogP) is 7.60. The molecule has 43 heavy (non-hydrogen) atoms. The van der Waals surface area contributed by atoms with Gasteiger partial charge in [0, 0.05) is 35.6 Å². The molecular formula is C33H27F4N3O3. The van der Waals surface area contributed by atoms with E-state index < -0.39 is 23.6 Å². The Morgan fingerprint density at radius 2 is 1.81 bits per heavy atom. The Morgan fingerprint density at radius 3 is 2.51 bits per heavy atom. The number of carbonyl (C=O) groups is 1. The molecule has 0 radical (unpaired) electrons. The number of pyridine rings is 1. The van der Waals surface area contributed by atoms with Gasteiger partial charge in [0.25, 0.3) is 0 Å². The van der Waals surface area contributed by atoms with E-state index in [0.717, 1.165) is 5.56 Å². The van der Waals surface area contributed by atoms with Gasteiger partial charge in [-0.3, -0.25) is 0 Å². The van der Waals surface area contributed by atoms with Crippen molar-refractivity contribution in [3.8, 4) is 17.1 Å². The van der Waals surface area contributed by atoms with Crippen molar-refractivity contribution in [3.63, 3.8) is 0 Å². The van der Waals surface area contributed by atoms with Crippen LogP contribution in [0.3, 0.4) is 0 Å². The zero-order chi connectivity index (χ0) is 30.3. The Hall–Kier alpha value is -4.73. The van der Waals surface area contributed by atoms with E-state index in [1.54, 1.807) is 60.0 Å². The Balaban J connectivity index is 1.26. The molecule has 6 rings (SSSR count). The number of alkyl halides is 2. The molecule has 0 atom stereocenters. The Kier molecular flexibility index (Phi) is 7.37. The molecular weight excluding hydrogens is 562 g/mol. The van der Waals surface area contributed by atoms with Crippen LogP contribution in [0.4, 0.5) is 17.6 Å². The minimum atomic E-state index is -2.53. The van der Waals surface area contributed by atoms with Gasteiger partial charge < -0.3 is 14.4 Å². The van der Waals surface area contributed by atoms with Crippen molar-refractivity contribution in [2.24, 2.45) is 5.41 Å². The second-order valence-corrected chi connectivity index (χ2v) is 11.0. The summed E-state index contributed by atoms with van der Waals surface area (Å²) in [4.78, 5) is 20.6. The van der Waals surface area contributed by atoms with E-state index in [2.05, 4.69) is 9.97 Å². The lowest BCUT2D eigenvalue weighted by Gasteiger charge is -2.18. The molecule has 6 nitrogen and oxygen atoms in total. The van der Waals surface area contributed by atoms with Gasteiger partial charge in [-0.05, 0) is 73.4 Å². The molecule has 0 aliphatic heterocycles. The number of carboxylic acids is 1. The van der Waals surface area contributed by atoms with Crippen LogP contribution < -0.4 is 4.74 Å². The summed E-state index contributed by atoms with van der Waals surface area (Å²) in [6.45, 7) is 1.75. The van der Waals surface area contributed by atoms with Crippen LogP contribution in [-0.2, 0) is 19.6 Å². The average Bonchev–Trinajstić information content (AvgIpc) is 3.69. The van der Waals surface area contributed by atoms with Gasteiger partial charge in [-0.2, -0.15) is 0 Å². The van der Waals surface area contributed by atoms with E-state index >= 15 is 4.39 Å². The Labute approximate surface area is 244 Å². The molecule has 0 spiro atoms. The van der Waals surface area contributed by atoms with Crippen LogP contribution in [0.1, 0.15) is 45.7 Å². The SMILES string of the molecule is Cc1ccc(COc2cccc(-c3ccc(Cc4nc5ccc(C(=O)O)cc5n4CC4(C(F)F)CC4)cc3F)n2)c(F)c1. The molecule has 10 heteroatoms. The van der Waals surface area contributed by atoms with Gasteiger partial charge in [0.2, 0.25) is 12.3 Å². The summed E-state index contributed by atoms with van der Waals surface area (Å²) in [5, 5.41) is 9.46. The summed E-state index contributed by atoms with van der Waals surface area (Å²) in [7, 11) is 0. The lowest BCUT2D eigenvalue weighted by atomic mass is 10.0. The van der Waals surface area contributed by atoms with Crippen molar-refractivity contribution in [2.75, 3.05) is 0 Å². The third-order valence-electron chi connectivity index (χ3n) is 7.88. The van der Waals surface area contributed by atoms with Crippen LogP contribution in [0.2, 0.25) is 0 Å². The number of aryl methyl sites for hydroxylation is 1. The minimum Gasteiger partial charge on any atom is -0.478 e. The molecule has 1 fully saturated rings. The number of aromatic carboxylic acids is 1. The molecule has 0 unspecified atom stereocenters. The number of rotatable bonds is 10. The molecule has 3 aromatic carbocycles. The summed E-state index contributed by atoms with van der Waals surface area (Å²) >= 11 is 0. The molecule has 2 aromatic heterocycles. The number of fused-ring (bicyclic) bond motifs is 1. The molecule has 1 aliphatic rings. The van der Waals surface area contributed by atoms with Crippen LogP contribution in [0, 0.1) is 24.0 Å². The van der Waals surface area contributed by atoms with Crippen molar-refractivity contribution in [1.29, 1.82) is 0 Å². The maximum Gasteiger partial charge on any atom is 0.335 e. The number of ether oxygens (including phenoxy) is 1. The first-order chi connectivity index (χ1) is 20.6. The maximum absolute atomic E-state index is 15.4. The van der Waals surface area contributed by atoms with Crippen molar-refractivity contribution in [2.45, 2.75) is 45.8 Å². The van der Waals surface area contributed by atoms with Crippen LogP contribution in [0.25, 0.3) is 22.3 Å². The first-order valence-corrected chi connectivity index (χ1v) is 13.8. The first kappa shape index (κ1) is 28.4. The molecule has 0 bridgehead atoms. The zero-order valence-corrected chi connectivity index (χ0v) is 23.2. The Bertz CT molecular complexity index is 1850. The fourth-order valence-electron chi connectivity index (χ4n) is 5.16. The highest BCUT2D eigenvalue weighted by Crippen LogP contribution is 2.52. The lowest BCUT2D eigenvalue weighted by molar-refractivity contribution is 0.0514. The number of aromatic nitrogens is 3. The second-order valence-electron chi connectivity index (χ2n) is 11.0. The van der Waals surface area contributed by atoms with Crippen LogP contribution in [0.15, 0.2) is 72.8 Å². The van der Waals surface area contributed by atoms with E-state index in [-0.39, 0.29) is 42.4 Å². The number of benzene rings is 3. The van der Waals surface area contributed by atoms with Crippen molar-refractivity contribution >= 4 is 17.0 Å². The number of carboxylic acid groups (broad SMARTS) is 1. The highest BCUT2D eigenvalue weighted by molar-refractivity contribution is 5.92. The van der Waals surface area contributed by atoms with Gasteiger partial charge in [-0.15, -0.1) is 0 Å². The van der Waals surface area contributed by atoms with E-state index in [1.165, 1.54) is 24.3 Å². The predicted molar refractivity (Wildman–Crippen MR) is 152 cm³/mol. The molecule has 1 N–H and O–H groups in total. The lowest BCUT2D eigenvalue weighted by Crippen LogP contribution is -2.21. The number of imidazole rings is 1.